The third kappa shape index (κ3) is 8.49. The Bertz CT molecular complexity index is 1650. The molecule has 0 saturated carbocycles. The zero-order valence-corrected chi connectivity index (χ0v) is 25.2. The van der Waals surface area contributed by atoms with E-state index in [2.05, 4.69) is 15.6 Å². The van der Waals surface area contributed by atoms with E-state index in [9.17, 15) is 9.90 Å². The van der Waals surface area contributed by atoms with Crippen LogP contribution in [0.5, 0.6) is 11.5 Å². The van der Waals surface area contributed by atoms with Gasteiger partial charge in [-0.3, -0.25) is 0 Å². The van der Waals surface area contributed by atoms with Crippen molar-refractivity contribution in [1.82, 2.24) is 4.98 Å². The van der Waals surface area contributed by atoms with Gasteiger partial charge in [-0.25, -0.2) is 9.78 Å². The van der Waals surface area contributed by atoms with Crippen LogP contribution in [-0.2, 0) is 16.1 Å². The van der Waals surface area contributed by atoms with E-state index in [1.807, 2.05) is 97.1 Å². The van der Waals surface area contributed by atoms with E-state index in [4.69, 9.17) is 14.2 Å². The highest BCUT2D eigenvalue weighted by Gasteiger charge is 2.32. The first-order valence-corrected chi connectivity index (χ1v) is 15.7. The molecule has 228 valence electrons. The van der Waals surface area contributed by atoms with Gasteiger partial charge in [0, 0.05) is 35.3 Å². The molecule has 6 rings (SSSR count). The summed E-state index contributed by atoms with van der Waals surface area (Å²) in [6.07, 6.45) is 1.63. The summed E-state index contributed by atoms with van der Waals surface area (Å²) in [6, 6.07) is 37.5. The minimum absolute atomic E-state index is 0.00468. The Kier molecular flexibility index (Phi) is 10.0. The molecule has 0 aliphatic carbocycles. The number of urea groups is 1. The van der Waals surface area contributed by atoms with Crippen LogP contribution in [0.4, 0.5) is 16.2 Å². The number of hydrogen-bond donors (Lipinski definition) is 3. The van der Waals surface area contributed by atoms with Crippen LogP contribution in [0.2, 0.25) is 0 Å². The molecule has 1 saturated heterocycles. The molecule has 0 bridgehead atoms. The minimum Gasteiger partial charge on any atom is -0.457 e. The van der Waals surface area contributed by atoms with Crippen LogP contribution in [0.1, 0.15) is 35.5 Å². The van der Waals surface area contributed by atoms with Crippen molar-refractivity contribution in [2.45, 2.75) is 36.6 Å². The van der Waals surface area contributed by atoms with Crippen LogP contribution >= 0.6 is 11.8 Å². The predicted octanol–water partition coefficient (Wildman–Crippen LogP) is 8.35. The molecule has 4 aromatic carbocycles. The summed E-state index contributed by atoms with van der Waals surface area (Å²) in [5, 5.41) is 16.1. The van der Waals surface area contributed by atoms with Crippen molar-refractivity contribution < 1.29 is 24.1 Å². The summed E-state index contributed by atoms with van der Waals surface area (Å²) in [5.74, 6) is 2.15. The molecular formula is C36H33N3O5S. The standard InChI is InChI=1S/C36H33N3O5S/c40-23-25-9-11-26(12-10-25)33-22-32(24-45-34-8-4-5-21-37-34)43-35(44-33)27-13-15-28(16-14-27)38-36(41)39-29-17-19-31(20-18-29)42-30-6-2-1-3-7-30/h1-21,32-33,35,40H,22-24H2,(H2,38,39,41)/t32-,33+,35+/m1/s1. The van der Waals surface area contributed by atoms with E-state index in [1.54, 1.807) is 42.2 Å². The maximum atomic E-state index is 12.7. The third-order valence-electron chi connectivity index (χ3n) is 7.20. The topological polar surface area (TPSA) is 102 Å². The summed E-state index contributed by atoms with van der Waals surface area (Å²) < 4.78 is 18.7. The predicted molar refractivity (Wildman–Crippen MR) is 175 cm³/mol. The molecule has 1 aliphatic heterocycles. The molecular weight excluding hydrogens is 586 g/mol. The number of aliphatic hydroxyl groups is 1. The molecule has 5 aromatic rings. The van der Waals surface area contributed by atoms with Crippen molar-refractivity contribution in [3.63, 3.8) is 0 Å². The van der Waals surface area contributed by atoms with Gasteiger partial charge in [0.2, 0.25) is 0 Å². The highest BCUT2D eigenvalue weighted by atomic mass is 32.2. The monoisotopic (exact) mass is 619 g/mol. The largest absolute Gasteiger partial charge is 0.457 e. The quantitative estimate of drug-likeness (QED) is 0.135. The van der Waals surface area contributed by atoms with Gasteiger partial charge in [-0.15, -0.1) is 11.8 Å². The van der Waals surface area contributed by atoms with Gasteiger partial charge in [-0.1, -0.05) is 60.7 Å². The Labute approximate surface area is 266 Å². The number of anilines is 2. The Hall–Kier alpha value is -4.67. The number of nitrogens with zero attached hydrogens (tertiary/aromatic N) is 1. The first-order chi connectivity index (χ1) is 22.1. The number of aliphatic hydroxyl groups excluding tert-OH is 1. The lowest BCUT2D eigenvalue weighted by molar-refractivity contribution is -0.245. The number of nitrogens with one attached hydrogen (secondary N) is 2. The number of carbonyl (C=O) groups is 1. The van der Waals surface area contributed by atoms with Crippen LogP contribution in [0.15, 0.2) is 133 Å². The maximum Gasteiger partial charge on any atom is 0.323 e. The fraction of sp³-hybridized carbons (Fsp3) is 0.167. The van der Waals surface area contributed by atoms with Crippen LogP contribution in [-0.4, -0.2) is 28.0 Å². The van der Waals surface area contributed by atoms with E-state index in [0.29, 0.717) is 23.5 Å². The normalized spacial score (nSPS) is 17.8. The number of pyridine rings is 1. The number of para-hydroxylation sites is 1. The lowest BCUT2D eigenvalue weighted by atomic mass is 10.0. The Morgan fingerprint density at radius 1 is 0.778 bits per heavy atom. The zero-order valence-electron chi connectivity index (χ0n) is 24.4. The zero-order chi connectivity index (χ0) is 30.8. The summed E-state index contributed by atoms with van der Waals surface area (Å²) in [6.45, 7) is -0.00468. The second-order valence-electron chi connectivity index (χ2n) is 10.5. The van der Waals surface area contributed by atoms with Gasteiger partial charge < -0.3 is 30.0 Å². The van der Waals surface area contributed by atoms with Crippen molar-refractivity contribution in [3.05, 3.63) is 144 Å². The van der Waals surface area contributed by atoms with E-state index < -0.39 is 6.29 Å². The van der Waals surface area contributed by atoms with Gasteiger partial charge in [-0.05, 0) is 71.8 Å². The smallest absolute Gasteiger partial charge is 0.323 e. The average Bonchev–Trinajstić information content (AvgIpc) is 3.09. The summed E-state index contributed by atoms with van der Waals surface area (Å²) in [4.78, 5) is 17.1. The molecule has 2 amide bonds. The van der Waals surface area contributed by atoms with Crippen molar-refractivity contribution >= 4 is 29.2 Å². The number of hydrogen-bond acceptors (Lipinski definition) is 7. The molecule has 45 heavy (non-hydrogen) atoms. The summed E-state index contributed by atoms with van der Waals surface area (Å²) in [5.41, 5.74) is 4.00. The number of aromatic nitrogens is 1. The molecule has 0 unspecified atom stereocenters. The fourth-order valence-corrected chi connectivity index (χ4v) is 5.76. The Morgan fingerprint density at radius 2 is 1.42 bits per heavy atom. The van der Waals surface area contributed by atoms with Crippen LogP contribution in [0.25, 0.3) is 0 Å². The van der Waals surface area contributed by atoms with Gasteiger partial charge in [0.1, 0.15) is 11.5 Å². The molecule has 0 spiro atoms. The maximum absolute atomic E-state index is 12.7. The van der Waals surface area contributed by atoms with Crippen molar-refractivity contribution in [3.8, 4) is 11.5 Å². The molecule has 1 fully saturated rings. The van der Waals surface area contributed by atoms with Gasteiger partial charge in [-0.2, -0.15) is 0 Å². The molecule has 1 aromatic heterocycles. The Morgan fingerprint density at radius 3 is 2.09 bits per heavy atom. The number of ether oxygens (including phenoxy) is 3. The number of thioether (sulfide) groups is 1. The lowest BCUT2D eigenvalue weighted by Gasteiger charge is -2.36. The highest BCUT2D eigenvalue weighted by molar-refractivity contribution is 7.99. The van der Waals surface area contributed by atoms with E-state index in [0.717, 1.165) is 33.2 Å². The third-order valence-corrected chi connectivity index (χ3v) is 8.28. The van der Waals surface area contributed by atoms with Gasteiger partial charge in [0.25, 0.3) is 0 Å². The molecule has 3 atom stereocenters. The van der Waals surface area contributed by atoms with E-state index >= 15 is 0 Å². The number of carbonyl (C=O) groups excluding carboxylic acids is 1. The molecule has 2 heterocycles. The molecule has 3 N–H and O–H groups in total. The van der Waals surface area contributed by atoms with Crippen LogP contribution in [0, 0.1) is 0 Å². The van der Waals surface area contributed by atoms with Crippen LogP contribution < -0.4 is 15.4 Å². The van der Waals surface area contributed by atoms with Crippen LogP contribution in [0.3, 0.4) is 0 Å². The first-order valence-electron chi connectivity index (χ1n) is 14.7. The molecule has 8 nitrogen and oxygen atoms in total. The van der Waals surface area contributed by atoms with Gasteiger partial charge in [0.15, 0.2) is 6.29 Å². The Balaban J connectivity index is 1.08. The van der Waals surface area contributed by atoms with E-state index in [-0.39, 0.29) is 24.8 Å². The molecule has 0 radical (unpaired) electrons. The van der Waals surface area contributed by atoms with Crippen molar-refractivity contribution in [2.75, 3.05) is 16.4 Å². The van der Waals surface area contributed by atoms with Crippen molar-refractivity contribution in [1.29, 1.82) is 0 Å². The highest BCUT2D eigenvalue weighted by Crippen LogP contribution is 2.39. The van der Waals surface area contributed by atoms with E-state index in [1.165, 1.54) is 0 Å². The average molecular weight is 620 g/mol. The second-order valence-corrected chi connectivity index (χ2v) is 11.5. The minimum atomic E-state index is -0.588. The van der Waals surface area contributed by atoms with Gasteiger partial charge >= 0.3 is 6.03 Å². The fourth-order valence-electron chi connectivity index (χ4n) is 4.88. The molecule has 9 heteroatoms. The SMILES string of the molecule is O=C(Nc1ccc(Oc2ccccc2)cc1)Nc1ccc([C@H]2O[C@@H](CSc3ccccn3)C[C@@H](c3ccc(CO)cc3)O2)cc1. The lowest BCUT2D eigenvalue weighted by Crippen LogP contribution is -2.31. The number of benzene rings is 4. The van der Waals surface area contributed by atoms with Gasteiger partial charge in [0.05, 0.1) is 23.8 Å². The summed E-state index contributed by atoms with van der Waals surface area (Å²) in [7, 11) is 0. The van der Waals surface area contributed by atoms with Crippen molar-refractivity contribution in [2.24, 2.45) is 0 Å². The number of rotatable bonds is 10. The number of amides is 2. The second kappa shape index (κ2) is 14.9. The molecule has 1 aliphatic rings. The summed E-state index contributed by atoms with van der Waals surface area (Å²) >= 11 is 1.65. The first kappa shape index (κ1) is 30.4.